The first-order chi connectivity index (χ1) is 10.1. The smallest absolute Gasteiger partial charge is 0.153 e. The van der Waals surface area contributed by atoms with Crippen molar-refractivity contribution in [3.8, 4) is 22.4 Å². The van der Waals surface area contributed by atoms with Crippen molar-refractivity contribution < 1.29 is 0 Å². The summed E-state index contributed by atoms with van der Waals surface area (Å²) in [7, 11) is 0. The third-order valence-corrected chi connectivity index (χ3v) is 4.58. The highest BCUT2D eigenvalue weighted by molar-refractivity contribution is 9.10. The van der Waals surface area contributed by atoms with E-state index in [4.69, 9.17) is 17.3 Å². The number of anilines is 1. The summed E-state index contributed by atoms with van der Waals surface area (Å²) in [5.74, 6) is 0.469. The lowest BCUT2D eigenvalue weighted by Gasteiger charge is -2.10. The fraction of sp³-hybridized carbons (Fsp3) is 0.0625. The Morgan fingerprint density at radius 3 is 2.57 bits per heavy atom. The summed E-state index contributed by atoms with van der Waals surface area (Å²) in [6.07, 6.45) is 0. The highest BCUT2D eigenvalue weighted by atomic mass is 79.9. The summed E-state index contributed by atoms with van der Waals surface area (Å²) in [5.41, 5.74) is 10.8. The summed E-state index contributed by atoms with van der Waals surface area (Å²) < 4.78 is 0.971. The second-order valence-electron chi connectivity index (χ2n) is 4.75. The summed E-state index contributed by atoms with van der Waals surface area (Å²) >= 11 is 9.79. The third kappa shape index (κ3) is 2.45. The van der Waals surface area contributed by atoms with E-state index in [1.807, 2.05) is 49.4 Å². The van der Waals surface area contributed by atoms with Crippen LogP contribution in [0.3, 0.4) is 0 Å². The molecule has 106 valence electrons. The van der Waals surface area contributed by atoms with Gasteiger partial charge >= 0.3 is 0 Å². The molecule has 0 aliphatic rings. The number of hydrogen-bond acceptors (Lipinski definition) is 2. The van der Waals surface area contributed by atoms with Crippen LogP contribution < -0.4 is 5.73 Å². The van der Waals surface area contributed by atoms with E-state index in [-0.39, 0.29) is 0 Å². The Morgan fingerprint density at radius 2 is 1.81 bits per heavy atom. The van der Waals surface area contributed by atoms with Gasteiger partial charge in [0.05, 0.1) is 11.3 Å². The molecule has 0 amide bonds. The van der Waals surface area contributed by atoms with Gasteiger partial charge in [-0.15, -0.1) is 0 Å². The first-order valence-corrected chi connectivity index (χ1v) is 7.61. The van der Waals surface area contributed by atoms with E-state index in [0.717, 1.165) is 37.4 Å². The van der Waals surface area contributed by atoms with Gasteiger partial charge in [0.25, 0.3) is 0 Å². The molecule has 0 unspecified atom stereocenters. The van der Waals surface area contributed by atoms with Gasteiger partial charge in [-0.1, -0.05) is 57.9 Å². The minimum Gasteiger partial charge on any atom is -0.382 e. The van der Waals surface area contributed by atoms with Crippen LogP contribution in [-0.4, -0.2) is 10.2 Å². The normalized spacial score (nSPS) is 10.8. The van der Waals surface area contributed by atoms with Crippen LogP contribution in [0, 0.1) is 6.92 Å². The van der Waals surface area contributed by atoms with Crippen LogP contribution in [0.25, 0.3) is 22.4 Å². The Morgan fingerprint density at radius 1 is 1.10 bits per heavy atom. The maximum Gasteiger partial charge on any atom is 0.153 e. The van der Waals surface area contributed by atoms with Crippen LogP contribution in [0.1, 0.15) is 5.56 Å². The fourth-order valence-electron chi connectivity index (χ4n) is 2.37. The van der Waals surface area contributed by atoms with Crippen LogP contribution in [0.2, 0.25) is 5.02 Å². The molecule has 3 N–H and O–H groups in total. The van der Waals surface area contributed by atoms with E-state index in [1.165, 1.54) is 0 Å². The van der Waals surface area contributed by atoms with E-state index < -0.39 is 0 Å². The largest absolute Gasteiger partial charge is 0.382 e. The Kier molecular flexibility index (Phi) is 3.74. The molecule has 0 atom stereocenters. The molecule has 0 fully saturated rings. The second kappa shape index (κ2) is 5.54. The van der Waals surface area contributed by atoms with Crippen molar-refractivity contribution in [3.63, 3.8) is 0 Å². The molecule has 0 radical (unpaired) electrons. The predicted molar refractivity (Wildman–Crippen MR) is 91.3 cm³/mol. The van der Waals surface area contributed by atoms with Gasteiger partial charge in [0, 0.05) is 20.6 Å². The molecule has 0 aliphatic heterocycles. The molecule has 0 saturated carbocycles. The van der Waals surface area contributed by atoms with Crippen LogP contribution in [0.15, 0.2) is 46.9 Å². The lowest BCUT2D eigenvalue weighted by atomic mass is 9.98. The molecule has 21 heavy (non-hydrogen) atoms. The van der Waals surface area contributed by atoms with Crippen molar-refractivity contribution in [3.05, 3.63) is 57.5 Å². The molecule has 3 aromatic rings. The molecule has 1 aromatic heterocycles. The second-order valence-corrected chi connectivity index (χ2v) is 6.01. The van der Waals surface area contributed by atoms with Crippen LogP contribution in [0.4, 0.5) is 5.82 Å². The molecule has 0 saturated heterocycles. The summed E-state index contributed by atoms with van der Waals surface area (Å²) in [6, 6.07) is 13.7. The minimum absolute atomic E-state index is 0.469. The number of nitrogens with zero attached hydrogens (tertiary/aromatic N) is 1. The van der Waals surface area contributed by atoms with Crippen molar-refractivity contribution in [2.24, 2.45) is 0 Å². The van der Waals surface area contributed by atoms with Crippen LogP contribution in [0.5, 0.6) is 0 Å². The van der Waals surface area contributed by atoms with Gasteiger partial charge in [0.1, 0.15) is 0 Å². The van der Waals surface area contributed by atoms with Crippen molar-refractivity contribution >= 4 is 33.3 Å². The maximum atomic E-state index is 6.23. The van der Waals surface area contributed by atoms with E-state index in [9.17, 15) is 0 Å². The topological polar surface area (TPSA) is 54.7 Å². The fourth-order valence-corrected chi connectivity index (χ4v) is 3.02. The average molecular weight is 363 g/mol. The number of nitrogens with one attached hydrogen (secondary N) is 1. The zero-order valence-electron chi connectivity index (χ0n) is 11.3. The Bertz CT molecular complexity index is 811. The van der Waals surface area contributed by atoms with Crippen molar-refractivity contribution in [2.45, 2.75) is 6.92 Å². The highest BCUT2D eigenvalue weighted by Crippen LogP contribution is 2.40. The van der Waals surface area contributed by atoms with E-state index in [1.54, 1.807) is 0 Å². The maximum absolute atomic E-state index is 6.23. The quantitative estimate of drug-likeness (QED) is 0.670. The lowest BCUT2D eigenvalue weighted by Crippen LogP contribution is -1.91. The number of aromatic amines is 1. The molecular formula is C16H13BrClN3. The molecule has 0 bridgehead atoms. The van der Waals surface area contributed by atoms with E-state index in [0.29, 0.717) is 5.82 Å². The number of rotatable bonds is 2. The molecule has 2 aromatic carbocycles. The van der Waals surface area contributed by atoms with Crippen molar-refractivity contribution in [2.75, 3.05) is 5.73 Å². The van der Waals surface area contributed by atoms with E-state index >= 15 is 0 Å². The summed E-state index contributed by atoms with van der Waals surface area (Å²) in [6.45, 7) is 1.98. The van der Waals surface area contributed by atoms with Gasteiger partial charge < -0.3 is 5.73 Å². The number of nitrogen functional groups attached to an aromatic ring is 1. The summed E-state index contributed by atoms with van der Waals surface area (Å²) in [4.78, 5) is 0. The Hall–Kier alpha value is -1.78. The first kappa shape index (κ1) is 14.2. The number of hydrogen-bond donors (Lipinski definition) is 2. The lowest BCUT2D eigenvalue weighted by molar-refractivity contribution is 1.10. The predicted octanol–water partition coefficient (Wildman–Crippen LogP) is 5.05. The van der Waals surface area contributed by atoms with Gasteiger partial charge in [-0.2, -0.15) is 5.10 Å². The monoisotopic (exact) mass is 361 g/mol. The number of benzene rings is 2. The standard InChI is InChI=1S/C16H13BrClN3/c1-9-10(6-4-8-13(9)18)15-14(16(19)21-20-15)11-5-2-3-7-12(11)17/h2-8H,1H3,(H3,19,20,21). The molecule has 1 heterocycles. The number of aromatic nitrogens is 2. The van der Waals surface area contributed by atoms with Crippen molar-refractivity contribution in [1.82, 2.24) is 10.2 Å². The van der Waals surface area contributed by atoms with Gasteiger partial charge in [0.2, 0.25) is 0 Å². The number of nitrogens with two attached hydrogens (primary N) is 1. The van der Waals surface area contributed by atoms with Crippen LogP contribution in [-0.2, 0) is 0 Å². The zero-order valence-corrected chi connectivity index (χ0v) is 13.7. The Labute approximate surface area is 136 Å². The number of H-pyrrole nitrogens is 1. The van der Waals surface area contributed by atoms with Crippen molar-refractivity contribution in [1.29, 1.82) is 0 Å². The van der Waals surface area contributed by atoms with Gasteiger partial charge in [-0.25, -0.2) is 0 Å². The zero-order chi connectivity index (χ0) is 15.0. The molecule has 3 rings (SSSR count). The SMILES string of the molecule is Cc1c(Cl)cccc1-c1[nH]nc(N)c1-c1ccccc1Br. The molecule has 3 nitrogen and oxygen atoms in total. The molecular weight excluding hydrogens is 350 g/mol. The van der Waals surface area contributed by atoms with Gasteiger partial charge in [-0.3, -0.25) is 5.10 Å². The van der Waals surface area contributed by atoms with Gasteiger partial charge in [-0.05, 0) is 24.6 Å². The van der Waals surface area contributed by atoms with Gasteiger partial charge in [0.15, 0.2) is 5.82 Å². The molecule has 5 heteroatoms. The highest BCUT2D eigenvalue weighted by Gasteiger charge is 2.18. The van der Waals surface area contributed by atoms with E-state index in [2.05, 4.69) is 26.1 Å². The molecule has 0 aliphatic carbocycles. The Balaban J connectivity index is 2.28. The summed E-state index contributed by atoms with van der Waals surface area (Å²) in [5, 5.41) is 7.92. The van der Waals surface area contributed by atoms with Crippen LogP contribution >= 0.6 is 27.5 Å². The molecule has 0 spiro atoms. The number of halogens is 2. The first-order valence-electron chi connectivity index (χ1n) is 6.44. The minimum atomic E-state index is 0.469. The third-order valence-electron chi connectivity index (χ3n) is 3.47. The average Bonchev–Trinajstić information content (AvgIpc) is 2.84.